The third kappa shape index (κ3) is 3.42. The quantitative estimate of drug-likeness (QED) is 0.835. The number of hydrogen-bond acceptors (Lipinski definition) is 2. The molecule has 0 aliphatic rings. The molecular weight excluding hydrogens is 280 g/mol. The van der Waals surface area contributed by atoms with E-state index in [2.05, 4.69) is 21.2 Å². The highest BCUT2D eigenvalue weighted by atomic mass is 79.9. The predicted octanol–water partition coefficient (Wildman–Crippen LogP) is 3.30. The molecule has 90 valence electrons. The normalized spacial score (nSPS) is 14.6. The van der Waals surface area contributed by atoms with Crippen molar-refractivity contribution in [1.29, 1.82) is 0 Å². The number of anilines is 1. The van der Waals surface area contributed by atoms with Gasteiger partial charge in [0, 0.05) is 12.6 Å². The number of hydrogen-bond donors (Lipinski definition) is 2. The molecule has 0 spiro atoms. The molecule has 1 unspecified atom stereocenters. The van der Waals surface area contributed by atoms with Crippen molar-refractivity contribution in [2.45, 2.75) is 25.9 Å². The van der Waals surface area contributed by atoms with Crippen LogP contribution in [0.4, 0.5) is 14.5 Å². The summed E-state index contributed by atoms with van der Waals surface area (Å²) in [5.41, 5.74) is -0.741. The van der Waals surface area contributed by atoms with Crippen LogP contribution in [0.2, 0.25) is 0 Å². The molecule has 0 saturated carbocycles. The molecule has 5 heteroatoms. The van der Waals surface area contributed by atoms with Crippen LogP contribution in [0.25, 0.3) is 0 Å². The molecule has 0 aliphatic heterocycles. The molecule has 1 rings (SSSR count). The lowest BCUT2D eigenvalue weighted by Gasteiger charge is -2.22. The smallest absolute Gasteiger partial charge is 0.149 e. The van der Waals surface area contributed by atoms with Crippen molar-refractivity contribution in [3.63, 3.8) is 0 Å². The average Bonchev–Trinajstić information content (AvgIpc) is 2.22. The second kappa shape index (κ2) is 5.10. The second-order valence-electron chi connectivity index (χ2n) is 3.95. The van der Waals surface area contributed by atoms with Gasteiger partial charge in [0.15, 0.2) is 0 Å². The topological polar surface area (TPSA) is 32.3 Å². The summed E-state index contributed by atoms with van der Waals surface area (Å²) in [5.74, 6) is -1.32. The lowest BCUT2D eigenvalue weighted by atomic mass is 10.0. The summed E-state index contributed by atoms with van der Waals surface area (Å²) in [4.78, 5) is 0. The van der Waals surface area contributed by atoms with E-state index < -0.39 is 17.2 Å². The van der Waals surface area contributed by atoms with E-state index in [1.165, 1.54) is 6.07 Å². The molecule has 1 aromatic rings. The van der Waals surface area contributed by atoms with Crippen LogP contribution in [0.5, 0.6) is 0 Å². The van der Waals surface area contributed by atoms with Crippen molar-refractivity contribution in [3.05, 3.63) is 28.2 Å². The minimum absolute atomic E-state index is 0.169. The van der Waals surface area contributed by atoms with Crippen molar-refractivity contribution < 1.29 is 13.9 Å². The van der Waals surface area contributed by atoms with E-state index in [1.807, 2.05) is 6.92 Å². The zero-order valence-electron chi connectivity index (χ0n) is 9.15. The summed E-state index contributed by atoms with van der Waals surface area (Å²) in [6.45, 7) is 3.69. The number of aliphatic hydroxyl groups is 1. The molecule has 2 N–H and O–H groups in total. The summed E-state index contributed by atoms with van der Waals surface area (Å²) >= 11 is 2.97. The molecule has 1 atom stereocenters. The molecule has 0 amide bonds. The van der Waals surface area contributed by atoms with Gasteiger partial charge in [-0.15, -0.1) is 0 Å². The van der Waals surface area contributed by atoms with Crippen LogP contribution < -0.4 is 5.32 Å². The van der Waals surface area contributed by atoms with Gasteiger partial charge in [-0.3, -0.25) is 0 Å². The SMILES string of the molecule is CCC(C)(O)CNc1cc(Br)c(F)cc1F. The second-order valence-corrected chi connectivity index (χ2v) is 4.80. The van der Waals surface area contributed by atoms with Crippen molar-refractivity contribution in [2.24, 2.45) is 0 Å². The number of halogens is 3. The first-order chi connectivity index (χ1) is 7.35. The molecule has 0 bridgehead atoms. The predicted molar refractivity (Wildman–Crippen MR) is 63.5 cm³/mol. The third-order valence-corrected chi connectivity index (χ3v) is 3.04. The Bertz CT molecular complexity index is 382. The highest BCUT2D eigenvalue weighted by Gasteiger charge is 2.18. The molecule has 0 fully saturated rings. The maximum absolute atomic E-state index is 13.3. The van der Waals surface area contributed by atoms with Gasteiger partial charge in [0.25, 0.3) is 0 Å². The monoisotopic (exact) mass is 293 g/mol. The van der Waals surface area contributed by atoms with E-state index in [9.17, 15) is 13.9 Å². The lowest BCUT2D eigenvalue weighted by Crippen LogP contribution is -2.32. The first-order valence-corrected chi connectivity index (χ1v) is 5.76. The molecule has 16 heavy (non-hydrogen) atoms. The Morgan fingerprint density at radius 2 is 2.00 bits per heavy atom. The molecule has 0 saturated heterocycles. The van der Waals surface area contributed by atoms with Gasteiger partial charge in [0.2, 0.25) is 0 Å². The van der Waals surface area contributed by atoms with E-state index >= 15 is 0 Å². The Balaban J connectivity index is 2.79. The lowest BCUT2D eigenvalue weighted by molar-refractivity contribution is 0.0697. The molecule has 0 aliphatic carbocycles. The first-order valence-electron chi connectivity index (χ1n) is 4.96. The summed E-state index contributed by atoms with van der Waals surface area (Å²) in [6, 6.07) is 2.11. The fourth-order valence-electron chi connectivity index (χ4n) is 1.07. The van der Waals surface area contributed by atoms with E-state index in [0.717, 1.165) is 6.07 Å². The Kier molecular flexibility index (Phi) is 4.27. The van der Waals surface area contributed by atoms with Crippen LogP contribution in [0, 0.1) is 11.6 Å². The Morgan fingerprint density at radius 3 is 2.56 bits per heavy atom. The fourth-order valence-corrected chi connectivity index (χ4v) is 1.41. The van der Waals surface area contributed by atoms with Gasteiger partial charge < -0.3 is 10.4 Å². The van der Waals surface area contributed by atoms with E-state index in [0.29, 0.717) is 6.42 Å². The van der Waals surface area contributed by atoms with Crippen LogP contribution in [0.15, 0.2) is 16.6 Å². The molecule has 1 aromatic carbocycles. The van der Waals surface area contributed by atoms with Crippen molar-refractivity contribution in [3.8, 4) is 0 Å². The molecule has 0 radical (unpaired) electrons. The van der Waals surface area contributed by atoms with Crippen molar-refractivity contribution in [1.82, 2.24) is 0 Å². The van der Waals surface area contributed by atoms with Gasteiger partial charge in [-0.2, -0.15) is 0 Å². The summed E-state index contributed by atoms with van der Waals surface area (Å²) < 4.78 is 26.4. The van der Waals surface area contributed by atoms with Gasteiger partial charge in [-0.05, 0) is 35.3 Å². The van der Waals surface area contributed by atoms with E-state index in [-0.39, 0.29) is 16.7 Å². The highest BCUT2D eigenvalue weighted by molar-refractivity contribution is 9.10. The molecule has 0 aromatic heterocycles. The molecular formula is C11H14BrF2NO. The largest absolute Gasteiger partial charge is 0.388 e. The summed E-state index contributed by atoms with van der Waals surface area (Å²) in [7, 11) is 0. The van der Waals surface area contributed by atoms with Gasteiger partial charge in [-0.25, -0.2) is 8.78 Å². The Labute approximate surface area is 102 Å². The van der Waals surface area contributed by atoms with Gasteiger partial charge in [0.1, 0.15) is 11.6 Å². The van der Waals surface area contributed by atoms with Crippen molar-refractivity contribution in [2.75, 3.05) is 11.9 Å². The van der Waals surface area contributed by atoms with Crippen LogP contribution in [-0.4, -0.2) is 17.3 Å². The minimum Gasteiger partial charge on any atom is -0.388 e. The maximum Gasteiger partial charge on any atom is 0.149 e. The maximum atomic E-state index is 13.3. The number of rotatable bonds is 4. The Morgan fingerprint density at radius 1 is 1.38 bits per heavy atom. The number of benzene rings is 1. The Hall–Kier alpha value is -0.680. The van der Waals surface area contributed by atoms with Gasteiger partial charge in [-0.1, -0.05) is 6.92 Å². The van der Waals surface area contributed by atoms with Crippen LogP contribution in [0.1, 0.15) is 20.3 Å². The van der Waals surface area contributed by atoms with E-state index in [1.54, 1.807) is 6.92 Å². The summed E-state index contributed by atoms with van der Waals surface area (Å²) in [5, 5.41) is 12.5. The summed E-state index contributed by atoms with van der Waals surface area (Å²) in [6.07, 6.45) is 0.546. The molecule has 2 nitrogen and oxygen atoms in total. The van der Waals surface area contributed by atoms with E-state index in [4.69, 9.17) is 0 Å². The molecule has 0 heterocycles. The highest BCUT2D eigenvalue weighted by Crippen LogP contribution is 2.24. The third-order valence-electron chi connectivity index (χ3n) is 2.43. The van der Waals surface area contributed by atoms with Crippen LogP contribution >= 0.6 is 15.9 Å². The number of nitrogens with one attached hydrogen (secondary N) is 1. The zero-order valence-corrected chi connectivity index (χ0v) is 10.7. The average molecular weight is 294 g/mol. The zero-order chi connectivity index (χ0) is 12.3. The minimum atomic E-state index is -0.909. The standard InChI is InChI=1S/C11H14BrF2NO/c1-3-11(2,16)6-15-10-4-7(12)8(13)5-9(10)14/h4-5,15-16H,3,6H2,1-2H3. The fraction of sp³-hybridized carbons (Fsp3) is 0.455. The van der Waals surface area contributed by atoms with Gasteiger partial charge in [0.05, 0.1) is 15.8 Å². The van der Waals surface area contributed by atoms with Crippen LogP contribution in [-0.2, 0) is 0 Å². The van der Waals surface area contributed by atoms with Crippen LogP contribution in [0.3, 0.4) is 0 Å². The van der Waals surface area contributed by atoms with Crippen molar-refractivity contribution >= 4 is 21.6 Å². The first kappa shape index (κ1) is 13.4. The van der Waals surface area contributed by atoms with Gasteiger partial charge >= 0.3 is 0 Å².